The molecule has 96 valence electrons. The van der Waals surface area contributed by atoms with Crippen molar-refractivity contribution in [2.24, 2.45) is 0 Å². The Morgan fingerprint density at radius 3 is 1.88 bits per heavy atom. The van der Waals surface area contributed by atoms with Crippen LogP contribution >= 0.6 is 0 Å². The van der Waals surface area contributed by atoms with Crippen LogP contribution in [0.25, 0.3) is 0 Å². The molecule has 0 N–H and O–H groups in total. The third kappa shape index (κ3) is 4.72. The maximum atomic E-state index is 4.47. The second kappa shape index (κ2) is 8.04. The highest BCUT2D eigenvalue weighted by atomic mass is 15.2. The zero-order valence-corrected chi connectivity index (χ0v) is 11.4. The Hall–Kier alpha value is -1.12. The molecular formula is C14H25N3. The first-order valence-corrected chi connectivity index (χ1v) is 6.87. The minimum absolute atomic E-state index is 0.893. The molecule has 0 unspecified atom stereocenters. The van der Waals surface area contributed by atoms with E-state index in [1.165, 1.54) is 31.2 Å². The number of aromatic nitrogens is 2. The Morgan fingerprint density at radius 1 is 0.941 bits per heavy atom. The Balaban J connectivity index is 2.65. The maximum Gasteiger partial charge on any atom is 0.225 e. The molecule has 0 aromatic carbocycles. The summed E-state index contributed by atoms with van der Waals surface area (Å²) in [6.45, 7) is 8.71. The van der Waals surface area contributed by atoms with Crippen molar-refractivity contribution in [3.8, 4) is 0 Å². The van der Waals surface area contributed by atoms with E-state index < -0.39 is 0 Å². The number of nitrogens with zero attached hydrogens (tertiary/aromatic N) is 3. The van der Waals surface area contributed by atoms with Crippen LogP contribution in [0, 0.1) is 0 Å². The van der Waals surface area contributed by atoms with Gasteiger partial charge in [-0.05, 0) is 24.8 Å². The van der Waals surface area contributed by atoms with Crippen LogP contribution < -0.4 is 4.90 Å². The molecule has 1 heterocycles. The van der Waals surface area contributed by atoms with Crippen LogP contribution in [0.4, 0.5) is 5.95 Å². The Morgan fingerprint density at radius 2 is 1.47 bits per heavy atom. The molecular weight excluding hydrogens is 210 g/mol. The van der Waals surface area contributed by atoms with Crippen molar-refractivity contribution in [2.45, 2.75) is 52.9 Å². The normalized spacial score (nSPS) is 10.5. The van der Waals surface area contributed by atoms with Gasteiger partial charge in [0.15, 0.2) is 0 Å². The molecule has 1 rings (SSSR count). The van der Waals surface area contributed by atoms with Crippen molar-refractivity contribution in [2.75, 3.05) is 18.0 Å². The predicted octanol–water partition coefficient (Wildman–Crippen LogP) is 3.45. The molecule has 3 nitrogen and oxygen atoms in total. The van der Waals surface area contributed by atoms with Crippen LogP contribution in [0.2, 0.25) is 0 Å². The molecule has 0 spiro atoms. The highest BCUT2D eigenvalue weighted by Crippen LogP contribution is 2.10. The molecule has 1 aromatic heterocycles. The minimum atomic E-state index is 0.893. The quantitative estimate of drug-likeness (QED) is 0.691. The van der Waals surface area contributed by atoms with E-state index in [4.69, 9.17) is 0 Å². The number of aryl methyl sites for hydroxylation is 1. The summed E-state index contributed by atoms with van der Waals surface area (Å²) in [6, 6.07) is 0. The van der Waals surface area contributed by atoms with Crippen LogP contribution in [-0.2, 0) is 6.42 Å². The fraction of sp³-hybridized carbons (Fsp3) is 0.714. The van der Waals surface area contributed by atoms with Crippen molar-refractivity contribution in [3.05, 3.63) is 18.0 Å². The summed E-state index contributed by atoms with van der Waals surface area (Å²) in [4.78, 5) is 11.3. The summed E-state index contributed by atoms with van der Waals surface area (Å²) in [7, 11) is 0. The predicted molar refractivity (Wildman–Crippen MR) is 73.4 cm³/mol. The number of rotatable bonds is 8. The van der Waals surface area contributed by atoms with E-state index in [-0.39, 0.29) is 0 Å². The van der Waals surface area contributed by atoms with Crippen LogP contribution in [0.15, 0.2) is 12.4 Å². The molecule has 0 amide bonds. The molecule has 0 aliphatic rings. The molecule has 0 aliphatic heterocycles. The molecule has 1 aromatic rings. The second-order valence-electron chi connectivity index (χ2n) is 4.44. The van der Waals surface area contributed by atoms with Crippen molar-refractivity contribution < 1.29 is 0 Å². The van der Waals surface area contributed by atoms with E-state index in [1.54, 1.807) is 0 Å². The zero-order chi connectivity index (χ0) is 12.5. The molecule has 0 bridgehead atoms. The van der Waals surface area contributed by atoms with Crippen LogP contribution in [0.1, 0.15) is 52.0 Å². The Labute approximate surface area is 105 Å². The third-order valence-electron chi connectivity index (χ3n) is 2.95. The smallest absolute Gasteiger partial charge is 0.225 e. The van der Waals surface area contributed by atoms with Crippen LogP contribution in [0.5, 0.6) is 0 Å². The van der Waals surface area contributed by atoms with Gasteiger partial charge in [0.25, 0.3) is 0 Å². The number of anilines is 1. The molecule has 0 radical (unpaired) electrons. The summed E-state index contributed by atoms with van der Waals surface area (Å²) >= 11 is 0. The summed E-state index contributed by atoms with van der Waals surface area (Å²) in [5.41, 5.74) is 1.21. The van der Waals surface area contributed by atoms with Gasteiger partial charge >= 0.3 is 0 Å². The number of hydrogen-bond donors (Lipinski definition) is 0. The maximum absolute atomic E-state index is 4.47. The van der Waals surface area contributed by atoms with E-state index in [1.807, 2.05) is 12.4 Å². The molecule has 0 saturated heterocycles. The molecule has 0 saturated carbocycles. The van der Waals surface area contributed by atoms with Gasteiger partial charge in [0.2, 0.25) is 5.95 Å². The first kappa shape index (κ1) is 13.9. The van der Waals surface area contributed by atoms with Gasteiger partial charge in [-0.3, -0.25) is 0 Å². The monoisotopic (exact) mass is 235 g/mol. The van der Waals surface area contributed by atoms with Gasteiger partial charge in [-0.25, -0.2) is 9.97 Å². The fourth-order valence-corrected chi connectivity index (χ4v) is 1.70. The molecule has 0 aliphatic carbocycles. The highest BCUT2D eigenvalue weighted by molar-refractivity contribution is 5.29. The SMILES string of the molecule is CCCCN(CCCC)c1ncc(CC)cn1. The Kier molecular flexibility index (Phi) is 6.60. The van der Waals surface area contributed by atoms with Gasteiger partial charge in [-0.1, -0.05) is 33.6 Å². The van der Waals surface area contributed by atoms with E-state index in [9.17, 15) is 0 Å². The number of hydrogen-bond acceptors (Lipinski definition) is 3. The zero-order valence-electron chi connectivity index (χ0n) is 11.4. The van der Waals surface area contributed by atoms with Gasteiger partial charge in [-0.15, -0.1) is 0 Å². The minimum Gasteiger partial charge on any atom is -0.341 e. The lowest BCUT2D eigenvalue weighted by molar-refractivity contribution is 0.662. The number of unbranched alkanes of at least 4 members (excludes halogenated alkanes) is 2. The van der Waals surface area contributed by atoms with Crippen molar-refractivity contribution in [1.29, 1.82) is 0 Å². The Bertz CT molecular complexity index is 287. The largest absolute Gasteiger partial charge is 0.341 e. The average Bonchev–Trinajstić information content (AvgIpc) is 2.39. The summed E-state index contributed by atoms with van der Waals surface area (Å²) in [5, 5.41) is 0. The van der Waals surface area contributed by atoms with E-state index in [0.717, 1.165) is 25.5 Å². The summed E-state index contributed by atoms with van der Waals surface area (Å²) in [6.07, 6.45) is 9.77. The van der Waals surface area contributed by atoms with Gasteiger partial charge in [0.05, 0.1) is 0 Å². The first-order valence-electron chi connectivity index (χ1n) is 6.87. The van der Waals surface area contributed by atoms with Gasteiger partial charge in [0, 0.05) is 25.5 Å². The van der Waals surface area contributed by atoms with E-state index in [0.29, 0.717) is 0 Å². The van der Waals surface area contributed by atoms with Gasteiger partial charge in [-0.2, -0.15) is 0 Å². The van der Waals surface area contributed by atoms with Crippen LogP contribution in [0.3, 0.4) is 0 Å². The lowest BCUT2D eigenvalue weighted by Crippen LogP contribution is -2.27. The topological polar surface area (TPSA) is 29.0 Å². The highest BCUT2D eigenvalue weighted by Gasteiger charge is 2.07. The molecule has 0 atom stereocenters. The first-order chi connectivity index (χ1) is 8.31. The fourth-order valence-electron chi connectivity index (χ4n) is 1.70. The van der Waals surface area contributed by atoms with E-state index >= 15 is 0 Å². The second-order valence-corrected chi connectivity index (χ2v) is 4.44. The molecule has 0 fully saturated rings. The van der Waals surface area contributed by atoms with Gasteiger partial charge < -0.3 is 4.90 Å². The average molecular weight is 235 g/mol. The van der Waals surface area contributed by atoms with E-state index in [2.05, 4.69) is 35.6 Å². The molecule has 17 heavy (non-hydrogen) atoms. The third-order valence-corrected chi connectivity index (χ3v) is 2.95. The van der Waals surface area contributed by atoms with Crippen molar-refractivity contribution in [3.63, 3.8) is 0 Å². The van der Waals surface area contributed by atoms with Crippen molar-refractivity contribution >= 4 is 5.95 Å². The van der Waals surface area contributed by atoms with Crippen LogP contribution in [-0.4, -0.2) is 23.1 Å². The van der Waals surface area contributed by atoms with Gasteiger partial charge in [0.1, 0.15) is 0 Å². The van der Waals surface area contributed by atoms with Crippen molar-refractivity contribution in [1.82, 2.24) is 9.97 Å². The lowest BCUT2D eigenvalue weighted by Gasteiger charge is -2.22. The standard InChI is InChI=1S/C14H25N3/c1-4-7-9-17(10-8-5-2)14-15-11-13(6-3)12-16-14/h11-12H,4-10H2,1-3H3. The lowest BCUT2D eigenvalue weighted by atomic mass is 10.2. The summed E-state index contributed by atoms with van der Waals surface area (Å²) in [5.74, 6) is 0.893. The molecule has 3 heteroatoms. The summed E-state index contributed by atoms with van der Waals surface area (Å²) < 4.78 is 0.